The van der Waals surface area contributed by atoms with Crippen LogP contribution in [0, 0.1) is 20.8 Å². The number of ether oxygens (including phenoxy) is 1. The number of nitrogens with zero attached hydrogens (tertiary/aromatic N) is 1. The molecule has 0 radical (unpaired) electrons. The summed E-state index contributed by atoms with van der Waals surface area (Å²) in [6.07, 6.45) is -0.741. The van der Waals surface area contributed by atoms with Gasteiger partial charge < -0.3 is 30.5 Å². The van der Waals surface area contributed by atoms with Crippen LogP contribution >= 0.6 is 0 Å². The number of aromatic hydroxyl groups is 1. The van der Waals surface area contributed by atoms with E-state index in [2.05, 4.69) is 10.6 Å². The predicted octanol–water partition coefficient (Wildman–Crippen LogP) is 4.95. The van der Waals surface area contributed by atoms with E-state index in [1.54, 1.807) is 45.0 Å². The lowest BCUT2D eigenvalue weighted by atomic mass is 9.97. The Morgan fingerprint density at radius 1 is 0.905 bits per heavy atom. The first-order valence-electron chi connectivity index (χ1n) is 13.9. The molecule has 2 atom stereocenters. The number of aliphatic hydroxyl groups excluding tert-OH is 1. The Hall–Kier alpha value is -4.37. The smallest absolute Gasteiger partial charge is 0.408 e. The number of alkyl carbamates (subject to hydrolysis) is 1. The molecule has 0 aliphatic rings. The van der Waals surface area contributed by atoms with E-state index in [1.165, 1.54) is 17.0 Å². The topological polar surface area (TPSA) is 128 Å². The molecule has 0 bridgehead atoms. The monoisotopic (exact) mass is 575 g/mol. The zero-order valence-corrected chi connectivity index (χ0v) is 25.1. The highest BCUT2D eigenvalue weighted by Gasteiger charge is 2.36. The number of amides is 3. The zero-order chi connectivity index (χ0) is 31.0. The van der Waals surface area contributed by atoms with E-state index in [9.17, 15) is 24.6 Å². The van der Waals surface area contributed by atoms with Crippen molar-refractivity contribution in [2.75, 3.05) is 18.5 Å². The number of para-hydroxylation sites is 1. The highest BCUT2D eigenvalue weighted by atomic mass is 16.6. The maximum absolute atomic E-state index is 14.3. The van der Waals surface area contributed by atoms with Crippen LogP contribution in [0.25, 0.3) is 0 Å². The summed E-state index contributed by atoms with van der Waals surface area (Å²) in [5.74, 6) is -0.979. The van der Waals surface area contributed by atoms with Crippen molar-refractivity contribution in [2.24, 2.45) is 0 Å². The summed E-state index contributed by atoms with van der Waals surface area (Å²) >= 11 is 0. The van der Waals surface area contributed by atoms with Crippen molar-refractivity contribution in [1.29, 1.82) is 0 Å². The van der Waals surface area contributed by atoms with Crippen molar-refractivity contribution in [1.82, 2.24) is 10.2 Å². The van der Waals surface area contributed by atoms with Gasteiger partial charge in [0, 0.05) is 18.7 Å². The molecule has 0 fully saturated rings. The van der Waals surface area contributed by atoms with Gasteiger partial charge in [-0.1, -0.05) is 48.5 Å². The van der Waals surface area contributed by atoms with E-state index < -0.39 is 42.2 Å². The summed E-state index contributed by atoms with van der Waals surface area (Å²) in [5.41, 5.74) is 3.82. The van der Waals surface area contributed by atoms with Gasteiger partial charge >= 0.3 is 6.09 Å². The van der Waals surface area contributed by atoms with Gasteiger partial charge in [0.1, 0.15) is 23.4 Å². The van der Waals surface area contributed by atoms with Gasteiger partial charge in [-0.15, -0.1) is 0 Å². The standard InChI is InChI=1S/C33H41N3O6/c1-21-11-14-25(19-23(21)3)29(30(39)34-27-10-8-7-9-22(27)2)36(17-18-37)31(40)28(35-32(41)42-33(4,5)6)20-24-12-15-26(38)16-13-24/h7-16,19,28-29,37-38H,17-18,20H2,1-6H3,(H,34,39)(H,35,41). The Kier molecular flexibility index (Phi) is 10.7. The average Bonchev–Trinajstić information content (AvgIpc) is 2.91. The lowest BCUT2D eigenvalue weighted by Gasteiger charge is -2.34. The summed E-state index contributed by atoms with van der Waals surface area (Å²) < 4.78 is 5.44. The molecular weight excluding hydrogens is 534 g/mol. The fourth-order valence-electron chi connectivity index (χ4n) is 4.51. The molecule has 9 nitrogen and oxygen atoms in total. The van der Waals surface area contributed by atoms with Crippen LogP contribution in [-0.4, -0.2) is 57.8 Å². The minimum absolute atomic E-state index is 0.0549. The van der Waals surface area contributed by atoms with Crippen molar-refractivity contribution >= 4 is 23.6 Å². The number of anilines is 1. The van der Waals surface area contributed by atoms with Crippen molar-refractivity contribution in [3.63, 3.8) is 0 Å². The molecule has 3 rings (SSSR count). The van der Waals surface area contributed by atoms with Gasteiger partial charge in [0.25, 0.3) is 5.91 Å². The van der Waals surface area contributed by atoms with Crippen LogP contribution in [0.1, 0.15) is 54.6 Å². The van der Waals surface area contributed by atoms with Crippen LogP contribution in [0.15, 0.2) is 66.7 Å². The highest BCUT2D eigenvalue weighted by molar-refractivity contribution is 5.99. The van der Waals surface area contributed by atoms with Crippen LogP contribution in [0.2, 0.25) is 0 Å². The number of phenolic OH excluding ortho intramolecular Hbond substituents is 1. The van der Waals surface area contributed by atoms with Crippen molar-refractivity contribution in [3.05, 3.63) is 94.5 Å². The normalized spacial score (nSPS) is 12.6. The van der Waals surface area contributed by atoms with Gasteiger partial charge in [0.2, 0.25) is 5.91 Å². The van der Waals surface area contributed by atoms with Gasteiger partial charge in [-0.05, 0) is 87.6 Å². The summed E-state index contributed by atoms with van der Waals surface area (Å²) in [7, 11) is 0. The third kappa shape index (κ3) is 8.81. The number of carbonyl (C=O) groups excluding carboxylic acids is 3. The minimum atomic E-state index is -1.14. The molecule has 3 aromatic rings. The van der Waals surface area contributed by atoms with E-state index in [4.69, 9.17) is 4.74 Å². The largest absolute Gasteiger partial charge is 0.508 e. The zero-order valence-electron chi connectivity index (χ0n) is 25.1. The van der Waals surface area contributed by atoms with Crippen LogP contribution in [0.5, 0.6) is 5.75 Å². The number of rotatable bonds is 10. The molecule has 0 saturated carbocycles. The van der Waals surface area contributed by atoms with Gasteiger partial charge in [-0.3, -0.25) is 9.59 Å². The Bertz CT molecular complexity index is 1400. The van der Waals surface area contributed by atoms with E-state index in [0.29, 0.717) is 16.8 Å². The maximum Gasteiger partial charge on any atom is 0.408 e. The first-order chi connectivity index (χ1) is 19.8. The van der Waals surface area contributed by atoms with E-state index in [-0.39, 0.29) is 18.7 Å². The highest BCUT2D eigenvalue weighted by Crippen LogP contribution is 2.27. The number of aryl methyl sites for hydroxylation is 3. The fraction of sp³-hybridized carbons (Fsp3) is 0.364. The van der Waals surface area contributed by atoms with E-state index in [0.717, 1.165) is 16.7 Å². The second-order valence-electron chi connectivity index (χ2n) is 11.4. The van der Waals surface area contributed by atoms with Crippen LogP contribution in [-0.2, 0) is 20.7 Å². The Balaban J connectivity index is 2.07. The van der Waals surface area contributed by atoms with Gasteiger partial charge in [-0.25, -0.2) is 4.79 Å². The molecule has 0 heterocycles. The molecule has 0 aliphatic carbocycles. The van der Waals surface area contributed by atoms with Crippen molar-refractivity contribution < 1.29 is 29.3 Å². The molecule has 3 aromatic carbocycles. The number of benzene rings is 3. The third-order valence-corrected chi connectivity index (χ3v) is 6.80. The molecule has 0 saturated heterocycles. The molecule has 0 aromatic heterocycles. The minimum Gasteiger partial charge on any atom is -0.508 e. The number of hydrogen-bond donors (Lipinski definition) is 4. The Morgan fingerprint density at radius 3 is 2.17 bits per heavy atom. The van der Waals surface area contributed by atoms with Crippen LogP contribution in [0.3, 0.4) is 0 Å². The molecule has 224 valence electrons. The van der Waals surface area contributed by atoms with Crippen molar-refractivity contribution in [2.45, 2.75) is 65.6 Å². The van der Waals surface area contributed by atoms with Gasteiger partial charge in [0.05, 0.1) is 6.61 Å². The molecule has 0 aliphatic heterocycles. The number of aliphatic hydroxyl groups is 1. The molecule has 3 amide bonds. The number of carbonyl (C=O) groups is 3. The van der Waals surface area contributed by atoms with E-state index in [1.807, 2.05) is 51.1 Å². The first kappa shape index (κ1) is 32.1. The number of nitrogens with one attached hydrogen (secondary N) is 2. The molecule has 2 unspecified atom stereocenters. The summed E-state index contributed by atoms with van der Waals surface area (Å²) in [4.78, 5) is 42.4. The molecule has 0 spiro atoms. The molecule has 42 heavy (non-hydrogen) atoms. The number of phenols is 1. The molecule has 4 N–H and O–H groups in total. The SMILES string of the molecule is Cc1ccc(C(C(=O)Nc2ccccc2C)N(CCO)C(=O)C(Cc2ccc(O)cc2)NC(=O)OC(C)(C)C)cc1C. The van der Waals surface area contributed by atoms with Crippen LogP contribution in [0.4, 0.5) is 10.5 Å². The Morgan fingerprint density at radius 2 is 1.57 bits per heavy atom. The summed E-state index contributed by atoms with van der Waals surface area (Å²) in [6, 6.07) is 16.9. The average molecular weight is 576 g/mol. The molecular formula is C33H41N3O6. The lowest BCUT2D eigenvalue weighted by Crippen LogP contribution is -2.53. The van der Waals surface area contributed by atoms with E-state index >= 15 is 0 Å². The summed E-state index contributed by atoms with van der Waals surface area (Å²) in [5, 5.41) is 25.4. The molecule has 9 heteroatoms. The quantitative estimate of drug-likeness (QED) is 0.271. The second-order valence-corrected chi connectivity index (χ2v) is 11.4. The van der Waals surface area contributed by atoms with Gasteiger partial charge in [-0.2, -0.15) is 0 Å². The Labute approximate surface area is 247 Å². The predicted molar refractivity (Wildman–Crippen MR) is 162 cm³/mol. The summed E-state index contributed by atoms with van der Waals surface area (Å²) in [6.45, 7) is 10.3. The first-order valence-corrected chi connectivity index (χ1v) is 13.9. The third-order valence-electron chi connectivity index (χ3n) is 6.80. The lowest BCUT2D eigenvalue weighted by molar-refractivity contribution is -0.141. The van der Waals surface area contributed by atoms with Gasteiger partial charge in [0.15, 0.2) is 0 Å². The number of hydrogen-bond acceptors (Lipinski definition) is 6. The van der Waals surface area contributed by atoms with Crippen LogP contribution < -0.4 is 10.6 Å². The fourth-order valence-corrected chi connectivity index (χ4v) is 4.51. The maximum atomic E-state index is 14.3. The second kappa shape index (κ2) is 14.0. The van der Waals surface area contributed by atoms with Crippen molar-refractivity contribution in [3.8, 4) is 5.75 Å².